The summed E-state index contributed by atoms with van der Waals surface area (Å²) in [5.74, 6) is 1.32. The number of H-pyrrole nitrogens is 2. The van der Waals surface area contributed by atoms with Gasteiger partial charge in [-0.2, -0.15) is 10.2 Å². The molecule has 2 aromatic carbocycles. The van der Waals surface area contributed by atoms with Gasteiger partial charge in [0.25, 0.3) is 0 Å². The summed E-state index contributed by atoms with van der Waals surface area (Å²) in [5, 5.41) is 18.8. The minimum atomic E-state index is 0.221. The Balaban J connectivity index is 1.24. The Bertz CT molecular complexity index is 1470. The van der Waals surface area contributed by atoms with Crippen LogP contribution in [-0.4, -0.2) is 67.0 Å². The quantitative estimate of drug-likeness (QED) is 0.356. The van der Waals surface area contributed by atoms with Gasteiger partial charge in [-0.05, 0) is 51.1 Å². The first-order valence-corrected chi connectivity index (χ1v) is 12.0. The van der Waals surface area contributed by atoms with Crippen LogP contribution in [0.1, 0.15) is 20.8 Å². The molecule has 4 heterocycles. The molecule has 0 bridgehead atoms. The molecule has 1 aliphatic heterocycles. The summed E-state index contributed by atoms with van der Waals surface area (Å²) in [4.78, 5) is 14.5. The molecule has 6 rings (SSSR count). The van der Waals surface area contributed by atoms with Crippen molar-refractivity contribution < 1.29 is 0 Å². The zero-order valence-corrected chi connectivity index (χ0v) is 20.2. The monoisotopic (exact) mass is 467 g/mol. The summed E-state index contributed by atoms with van der Waals surface area (Å²) in [6.45, 7) is 11.1. The Hall–Kier alpha value is -3.98. The highest BCUT2D eigenvalue weighted by molar-refractivity contribution is 5.89. The molecule has 5 aromatic rings. The molecule has 0 aliphatic carbocycles. The Morgan fingerprint density at radius 3 is 2.40 bits per heavy atom. The van der Waals surface area contributed by atoms with Gasteiger partial charge in [0.05, 0.1) is 17.9 Å². The van der Waals surface area contributed by atoms with Crippen molar-refractivity contribution >= 4 is 39.1 Å². The van der Waals surface area contributed by atoms with Crippen molar-refractivity contribution in [1.29, 1.82) is 0 Å². The van der Waals surface area contributed by atoms with Gasteiger partial charge in [-0.15, -0.1) is 0 Å². The van der Waals surface area contributed by atoms with Crippen LogP contribution in [0.25, 0.3) is 33.3 Å². The third kappa shape index (κ3) is 4.19. The fourth-order valence-electron chi connectivity index (χ4n) is 4.66. The van der Waals surface area contributed by atoms with Crippen LogP contribution >= 0.6 is 0 Å². The molecule has 0 spiro atoms. The lowest BCUT2D eigenvalue weighted by atomic mass is 10.0. The smallest absolute Gasteiger partial charge is 0.162 e. The number of piperazine rings is 1. The predicted molar refractivity (Wildman–Crippen MR) is 140 cm³/mol. The number of rotatable bonds is 4. The number of nitrogens with one attached hydrogen (secondary N) is 3. The molecule has 9 heteroatoms. The minimum absolute atomic E-state index is 0.221. The van der Waals surface area contributed by atoms with Crippen LogP contribution in [0, 0.1) is 0 Å². The van der Waals surface area contributed by atoms with Crippen LogP contribution in [0.5, 0.6) is 0 Å². The van der Waals surface area contributed by atoms with Gasteiger partial charge in [-0.1, -0.05) is 12.1 Å². The van der Waals surface area contributed by atoms with Crippen molar-refractivity contribution in [1.82, 2.24) is 35.3 Å². The molecule has 1 aliphatic rings. The molecule has 0 unspecified atom stereocenters. The largest absolute Gasteiger partial charge is 0.369 e. The van der Waals surface area contributed by atoms with Gasteiger partial charge < -0.3 is 10.2 Å². The second-order valence-corrected chi connectivity index (χ2v) is 10.0. The fraction of sp³-hybridized carbons (Fsp3) is 0.308. The van der Waals surface area contributed by atoms with Crippen molar-refractivity contribution in [3.8, 4) is 11.4 Å². The molecule has 0 amide bonds. The Morgan fingerprint density at radius 2 is 1.63 bits per heavy atom. The second-order valence-electron chi connectivity index (χ2n) is 10.0. The molecule has 178 valence electrons. The average molecular weight is 468 g/mol. The van der Waals surface area contributed by atoms with Crippen LogP contribution in [0.3, 0.4) is 0 Å². The second kappa shape index (κ2) is 8.35. The normalized spacial score (nSPS) is 15.2. The lowest BCUT2D eigenvalue weighted by Gasteiger charge is -2.43. The van der Waals surface area contributed by atoms with Crippen molar-refractivity contribution in [2.24, 2.45) is 0 Å². The van der Waals surface area contributed by atoms with Crippen molar-refractivity contribution in [3.63, 3.8) is 0 Å². The van der Waals surface area contributed by atoms with Gasteiger partial charge in [0, 0.05) is 54.0 Å². The summed E-state index contributed by atoms with van der Waals surface area (Å²) in [6, 6.07) is 14.6. The highest BCUT2D eigenvalue weighted by Gasteiger charge is 2.25. The van der Waals surface area contributed by atoms with Crippen molar-refractivity contribution in [3.05, 3.63) is 54.9 Å². The number of nitrogens with zero attached hydrogens (tertiary/aromatic N) is 6. The van der Waals surface area contributed by atoms with E-state index >= 15 is 0 Å². The van der Waals surface area contributed by atoms with E-state index in [4.69, 9.17) is 9.97 Å². The average Bonchev–Trinajstić information content (AvgIpc) is 3.53. The van der Waals surface area contributed by atoms with Crippen LogP contribution in [-0.2, 0) is 0 Å². The van der Waals surface area contributed by atoms with E-state index in [1.54, 1.807) is 12.4 Å². The van der Waals surface area contributed by atoms with E-state index in [9.17, 15) is 0 Å². The summed E-state index contributed by atoms with van der Waals surface area (Å²) in [7, 11) is 0. The van der Waals surface area contributed by atoms with Gasteiger partial charge in [0.15, 0.2) is 11.6 Å². The number of hydrogen-bond donors (Lipinski definition) is 3. The number of fused-ring (bicyclic) bond motifs is 2. The predicted octanol–water partition coefficient (Wildman–Crippen LogP) is 4.56. The SMILES string of the molecule is CC(C)(C)N1CCN(c2ccc(Nc3nc(-c4ccc5cn[nH]c5c4)nc4cn[nH]c34)cc2)CC1. The summed E-state index contributed by atoms with van der Waals surface area (Å²) >= 11 is 0. The fourth-order valence-corrected chi connectivity index (χ4v) is 4.66. The first-order valence-electron chi connectivity index (χ1n) is 12.0. The minimum Gasteiger partial charge on any atom is -0.369 e. The maximum absolute atomic E-state index is 4.83. The molecule has 0 atom stereocenters. The maximum Gasteiger partial charge on any atom is 0.162 e. The Morgan fingerprint density at radius 1 is 0.857 bits per heavy atom. The zero-order chi connectivity index (χ0) is 24.0. The van der Waals surface area contributed by atoms with E-state index in [0.29, 0.717) is 11.6 Å². The third-order valence-electron chi connectivity index (χ3n) is 6.72. The van der Waals surface area contributed by atoms with Crippen molar-refractivity contribution in [2.75, 3.05) is 36.4 Å². The highest BCUT2D eigenvalue weighted by Crippen LogP contribution is 2.29. The lowest BCUT2D eigenvalue weighted by molar-refractivity contribution is 0.128. The van der Waals surface area contributed by atoms with E-state index in [1.807, 2.05) is 18.2 Å². The summed E-state index contributed by atoms with van der Waals surface area (Å²) < 4.78 is 0. The molecular weight excluding hydrogens is 438 g/mol. The lowest BCUT2D eigenvalue weighted by Crippen LogP contribution is -2.53. The molecule has 3 N–H and O–H groups in total. The number of aromatic nitrogens is 6. The van der Waals surface area contributed by atoms with E-state index in [-0.39, 0.29) is 5.54 Å². The summed E-state index contributed by atoms with van der Waals surface area (Å²) in [5.41, 5.74) is 5.83. The van der Waals surface area contributed by atoms with Crippen LogP contribution < -0.4 is 10.2 Å². The van der Waals surface area contributed by atoms with Gasteiger partial charge in [0.1, 0.15) is 11.0 Å². The maximum atomic E-state index is 4.83. The van der Waals surface area contributed by atoms with Crippen LogP contribution in [0.4, 0.5) is 17.2 Å². The number of benzene rings is 2. The van der Waals surface area contributed by atoms with Gasteiger partial charge in [-0.25, -0.2) is 9.97 Å². The van der Waals surface area contributed by atoms with Crippen LogP contribution in [0.2, 0.25) is 0 Å². The van der Waals surface area contributed by atoms with Crippen LogP contribution in [0.15, 0.2) is 54.9 Å². The standard InChI is InChI=1S/C26H29N9/c1-26(2,3)35-12-10-34(11-13-35)20-8-6-19(7-9-20)29-25-23-22(16-28-33-23)30-24(31-25)17-4-5-18-15-27-32-21(18)14-17/h4-9,14-16H,10-13H2,1-3H3,(H,27,32)(H,28,33)(H,29,30,31). The summed E-state index contributed by atoms with van der Waals surface area (Å²) in [6.07, 6.45) is 3.53. The third-order valence-corrected chi connectivity index (χ3v) is 6.72. The first kappa shape index (κ1) is 21.5. The molecule has 1 saturated heterocycles. The van der Waals surface area contributed by atoms with Gasteiger partial charge in [0.2, 0.25) is 0 Å². The molecular formula is C26H29N9. The molecule has 1 fully saturated rings. The van der Waals surface area contributed by atoms with E-state index < -0.39 is 0 Å². The first-order chi connectivity index (χ1) is 16.9. The van der Waals surface area contributed by atoms with E-state index in [1.165, 1.54) is 5.69 Å². The molecule has 35 heavy (non-hydrogen) atoms. The number of aromatic amines is 2. The molecule has 9 nitrogen and oxygen atoms in total. The molecule has 3 aromatic heterocycles. The van der Waals surface area contributed by atoms with E-state index in [0.717, 1.165) is 59.4 Å². The van der Waals surface area contributed by atoms with Crippen molar-refractivity contribution in [2.45, 2.75) is 26.3 Å². The Kier molecular flexibility index (Phi) is 5.14. The van der Waals surface area contributed by atoms with Gasteiger partial charge >= 0.3 is 0 Å². The Labute approximate surface area is 203 Å². The number of anilines is 3. The van der Waals surface area contributed by atoms with Gasteiger partial charge in [-0.3, -0.25) is 15.1 Å². The topological polar surface area (TPSA) is 102 Å². The van der Waals surface area contributed by atoms with E-state index in [2.05, 4.69) is 80.5 Å². The highest BCUT2D eigenvalue weighted by atomic mass is 15.3. The number of hydrogen-bond acceptors (Lipinski definition) is 7. The molecule has 0 radical (unpaired) electrons. The zero-order valence-electron chi connectivity index (χ0n) is 20.2. The molecule has 0 saturated carbocycles.